The molecule has 0 aliphatic carbocycles. The first-order valence-electron chi connectivity index (χ1n) is 4.24. The minimum atomic E-state index is -0.935. The Balaban J connectivity index is 2.89. The van der Waals surface area contributed by atoms with Gasteiger partial charge in [-0.15, -0.1) is 0 Å². The molecule has 0 radical (unpaired) electrons. The number of nitriles is 1. The summed E-state index contributed by atoms with van der Waals surface area (Å²) in [6.45, 7) is 1.96. The van der Waals surface area contributed by atoms with E-state index >= 15 is 0 Å². The number of hydrogen-bond donors (Lipinski definition) is 0. The quantitative estimate of drug-likeness (QED) is 0.659. The predicted octanol–water partition coefficient (Wildman–Crippen LogP) is 0.590. The lowest BCUT2D eigenvalue weighted by molar-refractivity contribution is -0.143. The molecule has 14 heavy (non-hydrogen) atoms. The zero-order valence-corrected chi connectivity index (χ0v) is 8.10. The van der Waals surface area contributed by atoms with E-state index < -0.39 is 11.9 Å². The van der Waals surface area contributed by atoms with Gasteiger partial charge in [0, 0.05) is 19.4 Å². The lowest BCUT2D eigenvalue weighted by atomic mass is 10.1. The Morgan fingerprint density at radius 1 is 1.86 bits per heavy atom. The van der Waals surface area contributed by atoms with E-state index in [4.69, 9.17) is 10.00 Å². The van der Waals surface area contributed by atoms with Crippen molar-refractivity contribution >= 4 is 5.97 Å². The van der Waals surface area contributed by atoms with Crippen LogP contribution < -0.4 is 0 Å². The van der Waals surface area contributed by atoms with Crippen molar-refractivity contribution in [2.24, 2.45) is 7.05 Å². The minimum absolute atomic E-state index is 0.265. The monoisotopic (exact) mass is 193 g/mol. The molecule has 0 aromatic carbocycles. The second-order valence-electron chi connectivity index (χ2n) is 2.71. The Bertz CT molecular complexity index is 364. The van der Waals surface area contributed by atoms with Gasteiger partial charge in [-0.25, -0.2) is 4.98 Å². The van der Waals surface area contributed by atoms with Crippen LogP contribution in [-0.2, 0) is 16.6 Å². The highest BCUT2D eigenvalue weighted by atomic mass is 16.5. The maximum atomic E-state index is 11.3. The molecule has 5 nitrogen and oxygen atoms in total. The Labute approximate surface area is 81.9 Å². The predicted molar refractivity (Wildman–Crippen MR) is 48.2 cm³/mol. The van der Waals surface area contributed by atoms with Crippen LogP contribution in [0.25, 0.3) is 0 Å². The molecule has 0 fully saturated rings. The first-order chi connectivity index (χ1) is 6.70. The Morgan fingerprint density at radius 3 is 3.00 bits per heavy atom. The number of carbonyl (C=O) groups excluding carboxylic acids is 1. The number of carbonyl (C=O) groups is 1. The van der Waals surface area contributed by atoms with Crippen LogP contribution in [0.3, 0.4) is 0 Å². The van der Waals surface area contributed by atoms with Gasteiger partial charge in [0.15, 0.2) is 0 Å². The van der Waals surface area contributed by atoms with Crippen molar-refractivity contribution in [3.05, 3.63) is 18.2 Å². The Morgan fingerprint density at radius 2 is 2.57 bits per heavy atom. The van der Waals surface area contributed by atoms with E-state index in [1.807, 2.05) is 6.07 Å². The standard InChI is InChI=1S/C9H11N3O2/c1-3-14-9(13)7(6-10)8-11-4-5-12(8)2/h4-5,7H,3H2,1-2H3. The molecular formula is C9H11N3O2. The van der Waals surface area contributed by atoms with E-state index in [9.17, 15) is 4.79 Å². The normalized spacial score (nSPS) is 11.8. The molecule has 0 saturated carbocycles. The van der Waals surface area contributed by atoms with Crippen LogP contribution in [-0.4, -0.2) is 22.1 Å². The molecule has 74 valence electrons. The molecule has 1 atom stereocenters. The van der Waals surface area contributed by atoms with Gasteiger partial charge in [-0.3, -0.25) is 4.79 Å². The van der Waals surface area contributed by atoms with Crippen LogP contribution >= 0.6 is 0 Å². The van der Waals surface area contributed by atoms with Crippen LogP contribution in [0, 0.1) is 11.3 Å². The van der Waals surface area contributed by atoms with Gasteiger partial charge in [0.05, 0.1) is 12.7 Å². The van der Waals surface area contributed by atoms with Crippen LogP contribution in [0.1, 0.15) is 18.7 Å². The summed E-state index contributed by atoms with van der Waals surface area (Å²) in [4.78, 5) is 15.3. The summed E-state index contributed by atoms with van der Waals surface area (Å²) < 4.78 is 6.39. The zero-order chi connectivity index (χ0) is 10.6. The number of ether oxygens (including phenoxy) is 1. The molecule has 1 unspecified atom stereocenters. The van der Waals surface area contributed by atoms with Crippen LogP contribution in [0.2, 0.25) is 0 Å². The molecule has 0 N–H and O–H groups in total. The van der Waals surface area contributed by atoms with Crippen molar-refractivity contribution in [3.8, 4) is 6.07 Å². The molecule has 1 aromatic heterocycles. The average molecular weight is 193 g/mol. The summed E-state index contributed by atoms with van der Waals surface area (Å²) in [5.41, 5.74) is 0. The SMILES string of the molecule is CCOC(=O)C(C#N)c1nccn1C. The smallest absolute Gasteiger partial charge is 0.331 e. The molecule has 1 aromatic rings. The number of hydrogen-bond acceptors (Lipinski definition) is 4. The molecule has 5 heteroatoms. The lowest BCUT2D eigenvalue weighted by Crippen LogP contribution is -2.17. The molecule has 1 rings (SSSR count). The molecule has 0 saturated heterocycles. The third-order valence-electron chi connectivity index (χ3n) is 1.77. The van der Waals surface area contributed by atoms with Crippen molar-refractivity contribution in [1.29, 1.82) is 5.26 Å². The number of aryl methyl sites for hydroxylation is 1. The highest BCUT2D eigenvalue weighted by Gasteiger charge is 2.25. The molecule has 0 amide bonds. The highest BCUT2D eigenvalue weighted by molar-refractivity contribution is 5.80. The van der Waals surface area contributed by atoms with Gasteiger partial charge in [0.25, 0.3) is 0 Å². The van der Waals surface area contributed by atoms with Crippen LogP contribution in [0.15, 0.2) is 12.4 Å². The second kappa shape index (κ2) is 4.42. The van der Waals surface area contributed by atoms with Crippen molar-refractivity contribution in [1.82, 2.24) is 9.55 Å². The summed E-state index contributed by atoms with van der Waals surface area (Å²) in [6.07, 6.45) is 3.22. The lowest BCUT2D eigenvalue weighted by Gasteiger charge is -2.07. The van der Waals surface area contributed by atoms with Crippen molar-refractivity contribution in [2.45, 2.75) is 12.8 Å². The maximum Gasteiger partial charge on any atom is 0.331 e. The van der Waals surface area contributed by atoms with Crippen molar-refractivity contribution in [2.75, 3.05) is 6.61 Å². The molecule has 0 aliphatic rings. The molecule has 0 spiro atoms. The third-order valence-corrected chi connectivity index (χ3v) is 1.77. The van der Waals surface area contributed by atoms with E-state index in [1.165, 1.54) is 0 Å². The number of aromatic nitrogens is 2. The van der Waals surface area contributed by atoms with E-state index in [2.05, 4.69) is 4.98 Å². The maximum absolute atomic E-state index is 11.3. The fourth-order valence-corrected chi connectivity index (χ4v) is 1.10. The van der Waals surface area contributed by atoms with Gasteiger partial charge < -0.3 is 9.30 Å². The number of imidazole rings is 1. The van der Waals surface area contributed by atoms with Crippen LogP contribution in [0.4, 0.5) is 0 Å². The Hall–Kier alpha value is -1.83. The van der Waals surface area contributed by atoms with E-state index in [0.29, 0.717) is 5.82 Å². The van der Waals surface area contributed by atoms with Gasteiger partial charge in [-0.2, -0.15) is 5.26 Å². The molecule has 0 aliphatic heterocycles. The fourth-order valence-electron chi connectivity index (χ4n) is 1.10. The molecule has 0 bridgehead atoms. The summed E-state index contributed by atoms with van der Waals surface area (Å²) in [5, 5.41) is 8.82. The molecule has 1 heterocycles. The fraction of sp³-hybridized carbons (Fsp3) is 0.444. The van der Waals surface area contributed by atoms with Gasteiger partial charge in [-0.05, 0) is 6.92 Å². The minimum Gasteiger partial charge on any atom is -0.465 e. The first kappa shape index (κ1) is 10.3. The summed E-state index contributed by atoms with van der Waals surface area (Å²) >= 11 is 0. The number of rotatable bonds is 3. The third kappa shape index (κ3) is 1.91. The van der Waals surface area contributed by atoms with Gasteiger partial charge in [-0.1, -0.05) is 0 Å². The zero-order valence-electron chi connectivity index (χ0n) is 8.10. The largest absolute Gasteiger partial charge is 0.465 e. The second-order valence-corrected chi connectivity index (χ2v) is 2.71. The van der Waals surface area contributed by atoms with Gasteiger partial charge in [0.2, 0.25) is 5.92 Å². The average Bonchev–Trinajstić information content (AvgIpc) is 2.54. The van der Waals surface area contributed by atoms with E-state index in [1.54, 1.807) is 30.9 Å². The first-order valence-corrected chi connectivity index (χ1v) is 4.24. The van der Waals surface area contributed by atoms with E-state index in [0.717, 1.165) is 0 Å². The van der Waals surface area contributed by atoms with Gasteiger partial charge in [0.1, 0.15) is 5.82 Å². The van der Waals surface area contributed by atoms with E-state index in [-0.39, 0.29) is 6.61 Å². The van der Waals surface area contributed by atoms with Gasteiger partial charge >= 0.3 is 5.97 Å². The highest BCUT2D eigenvalue weighted by Crippen LogP contribution is 2.13. The number of nitrogens with zero attached hydrogens (tertiary/aromatic N) is 3. The van der Waals surface area contributed by atoms with Crippen molar-refractivity contribution in [3.63, 3.8) is 0 Å². The summed E-state index contributed by atoms with van der Waals surface area (Å²) in [6, 6.07) is 1.87. The number of esters is 1. The summed E-state index contributed by atoms with van der Waals surface area (Å²) in [7, 11) is 1.73. The van der Waals surface area contributed by atoms with Crippen molar-refractivity contribution < 1.29 is 9.53 Å². The Kier molecular flexibility index (Phi) is 3.24. The topological polar surface area (TPSA) is 67.9 Å². The summed E-state index contributed by atoms with van der Waals surface area (Å²) in [5.74, 6) is -1.08. The molecular weight excluding hydrogens is 182 g/mol. The van der Waals surface area contributed by atoms with Crippen LogP contribution in [0.5, 0.6) is 0 Å².